The van der Waals surface area contributed by atoms with E-state index in [-0.39, 0.29) is 18.3 Å². The number of hydrogen-bond donors (Lipinski definition) is 1. The normalized spacial score (nSPS) is 43.1. The highest BCUT2D eigenvalue weighted by Gasteiger charge is 2.55. The van der Waals surface area contributed by atoms with Gasteiger partial charge in [-0.3, -0.25) is 0 Å². The lowest BCUT2D eigenvalue weighted by atomic mass is 9.65. The Labute approximate surface area is 105 Å². The highest BCUT2D eigenvalue weighted by atomic mass is 16.7. The van der Waals surface area contributed by atoms with Gasteiger partial charge < -0.3 is 14.6 Å². The van der Waals surface area contributed by atoms with Gasteiger partial charge in [-0.1, -0.05) is 0 Å². The molecular weight excluding hydrogens is 213 g/mol. The van der Waals surface area contributed by atoms with Crippen LogP contribution in [0.25, 0.3) is 0 Å². The van der Waals surface area contributed by atoms with Crippen LogP contribution in [-0.2, 0) is 9.31 Å². The van der Waals surface area contributed by atoms with Crippen LogP contribution in [-0.4, -0.2) is 30.4 Å². The second-order valence-corrected chi connectivity index (χ2v) is 6.99. The second-order valence-electron chi connectivity index (χ2n) is 6.99. The molecule has 3 saturated heterocycles. The van der Waals surface area contributed by atoms with Crippen molar-refractivity contribution in [1.82, 2.24) is 5.32 Å². The molecule has 3 heterocycles. The van der Waals surface area contributed by atoms with Crippen LogP contribution in [0.2, 0.25) is 5.82 Å². The Hall–Kier alpha value is -0.0551. The van der Waals surface area contributed by atoms with Gasteiger partial charge in [0.1, 0.15) is 0 Å². The van der Waals surface area contributed by atoms with Gasteiger partial charge in [-0.15, -0.1) is 0 Å². The third-order valence-electron chi connectivity index (χ3n) is 5.17. The molecule has 0 amide bonds. The third-order valence-corrected chi connectivity index (χ3v) is 5.17. The number of fused-ring (bicyclic) bond motifs is 2. The summed E-state index contributed by atoms with van der Waals surface area (Å²) in [5.74, 6) is 0.579. The molecular formula is C13H24BNO2. The molecule has 0 aromatic heterocycles. The summed E-state index contributed by atoms with van der Waals surface area (Å²) < 4.78 is 12.4. The lowest BCUT2D eigenvalue weighted by Crippen LogP contribution is -2.41. The molecule has 4 heteroatoms. The summed E-state index contributed by atoms with van der Waals surface area (Å²) in [7, 11) is 0.00481. The van der Waals surface area contributed by atoms with Crippen LogP contribution in [0.5, 0.6) is 0 Å². The van der Waals surface area contributed by atoms with Crippen LogP contribution in [0.1, 0.15) is 53.4 Å². The van der Waals surface area contributed by atoms with E-state index in [0.717, 1.165) is 0 Å². The highest BCUT2D eigenvalue weighted by molar-refractivity contribution is 6.47. The number of hydrogen-bond acceptors (Lipinski definition) is 3. The van der Waals surface area contributed by atoms with E-state index < -0.39 is 0 Å². The molecule has 3 fully saturated rings. The molecule has 2 bridgehead atoms. The average molecular weight is 237 g/mol. The van der Waals surface area contributed by atoms with Gasteiger partial charge in [-0.2, -0.15) is 0 Å². The lowest BCUT2D eigenvalue weighted by Gasteiger charge is -2.32. The number of rotatable bonds is 1. The molecule has 0 aromatic carbocycles. The van der Waals surface area contributed by atoms with Crippen molar-refractivity contribution in [2.75, 3.05) is 0 Å². The summed E-state index contributed by atoms with van der Waals surface area (Å²) in [6.07, 6.45) is 5.10. The molecule has 96 valence electrons. The Morgan fingerprint density at radius 2 is 1.41 bits per heavy atom. The van der Waals surface area contributed by atoms with Crippen molar-refractivity contribution in [3.63, 3.8) is 0 Å². The van der Waals surface area contributed by atoms with Crippen molar-refractivity contribution >= 4 is 7.12 Å². The van der Waals surface area contributed by atoms with Crippen LogP contribution < -0.4 is 5.32 Å². The van der Waals surface area contributed by atoms with Gasteiger partial charge in [0, 0.05) is 12.1 Å². The summed E-state index contributed by atoms with van der Waals surface area (Å²) in [6, 6.07) is 1.41. The molecule has 2 unspecified atom stereocenters. The van der Waals surface area contributed by atoms with E-state index in [2.05, 4.69) is 33.0 Å². The fourth-order valence-electron chi connectivity index (χ4n) is 3.40. The van der Waals surface area contributed by atoms with Gasteiger partial charge in [-0.05, 0) is 59.2 Å². The predicted octanol–water partition coefficient (Wildman–Crippen LogP) is 2.36. The Morgan fingerprint density at radius 1 is 0.941 bits per heavy atom. The molecule has 17 heavy (non-hydrogen) atoms. The lowest BCUT2D eigenvalue weighted by molar-refractivity contribution is 0.00578. The third kappa shape index (κ3) is 1.94. The Balaban J connectivity index is 1.71. The zero-order chi connectivity index (χ0) is 12.3. The van der Waals surface area contributed by atoms with Crippen molar-refractivity contribution in [3.05, 3.63) is 0 Å². The van der Waals surface area contributed by atoms with E-state index in [1.807, 2.05) is 0 Å². The van der Waals surface area contributed by atoms with Crippen LogP contribution in [0.4, 0.5) is 0 Å². The average Bonchev–Trinajstić information content (AvgIpc) is 2.65. The molecule has 3 nitrogen and oxygen atoms in total. The molecule has 0 spiro atoms. The van der Waals surface area contributed by atoms with Crippen LogP contribution in [0.3, 0.4) is 0 Å². The van der Waals surface area contributed by atoms with E-state index in [1.165, 1.54) is 25.7 Å². The minimum Gasteiger partial charge on any atom is -0.403 e. The summed E-state index contributed by atoms with van der Waals surface area (Å²) in [4.78, 5) is 0. The van der Waals surface area contributed by atoms with Crippen molar-refractivity contribution < 1.29 is 9.31 Å². The van der Waals surface area contributed by atoms with E-state index in [1.54, 1.807) is 0 Å². The van der Waals surface area contributed by atoms with Crippen LogP contribution in [0, 0.1) is 0 Å². The maximum atomic E-state index is 6.18. The van der Waals surface area contributed by atoms with E-state index in [4.69, 9.17) is 9.31 Å². The number of nitrogens with one attached hydrogen (secondary N) is 1. The molecule has 0 aliphatic carbocycles. The molecule has 3 aliphatic rings. The Kier molecular flexibility index (Phi) is 2.63. The summed E-state index contributed by atoms with van der Waals surface area (Å²) in [6.45, 7) is 8.57. The minimum atomic E-state index is -0.179. The first-order chi connectivity index (χ1) is 7.87. The SMILES string of the molecule is CC1(C)OB(C2CC3CCC(C2)N3)OC1(C)C. The molecule has 2 atom stereocenters. The first-order valence-corrected chi connectivity index (χ1v) is 6.99. The van der Waals surface area contributed by atoms with Crippen molar-refractivity contribution in [2.24, 2.45) is 0 Å². The quantitative estimate of drug-likeness (QED) is 0.710. The van der Waals surface area contributed by atoms with E-state index in [0.29, 0.717) is 17.9 Å². The molecule has 0 radical (unpaired) electrons. The maximum Gasteiger partial charge on any atom is 0.461 e. The molecule has 0 aromatic rings. The van der Waals surface area contributed by atoms with Gasteiger partial charge >= 0.3 is 7.12 Å². The smallest absolute Gasteiger partial charge is 0.403 e. The Morgan fingerprint density at radius 3 is 1.88 bits per heavy atom. The largest absolute Gasteiger partial charge is 0.461 e. The molecule has 3 aliphatic heterocycles. The summed E-state index contributed by atoms with van der Waals surface area (Å²) >= 11 is 0. The summed E-state index contributed by atoms with van der Waals surface area (Å²) in [5.41, 5.74) is -0.358. The van der Waals surface area contributed by atoms with E-state index in [9.17, 15) is 0 Å². The van der Waals surface area contributed by atoms with Crippen molar-refractivity contribution in [3.8, 4) is 0 Å². The first kappa shape index (κ1) is 12.0. The number of piperidine rings is 1. The molecule has 1 N–H and O–H groups in total. The monoisotopic (exact) mass is 237 g/mol. The standard InChI is InChI=1S/C13H24BNO2/c1-12(2)13(3,4)17-14(16-12)9-7-10-5-6-11(8-9)15-10/h9-11,15H,5-8H2,1-4H3. The fraction of sp³-hybridized carbons (Fsp3) is 1.00. The van der Waals surface area contributed by atoms with Crippen molar-refractivity contribution in [1.29, 1.82) is 0 Å². The molecule has 3 rings (SSSR count). The van der Waals surface area contributed by atoms with Gasteiger partial charge in [0.25, 0.3) is 0 Å². The van der Waals surface area contributed by atoms with Gasteiger partial charge in [0.15, 0.2) is 0 Å². The highest BCUT2D eigenvalue weighted by Crippen LogP contribution is 2.45. The fourth-order valence-corrected chi connectivity index (χ4v) is 3.40. The minimum absolute atomic E-state index is 0.00481. The summed E-state index contributed by atoms with van der Waals surface area (Å²) in [5, 5.41) is 3.67. The zero-order valence-electron chi connectivity index (χ0n) is 11.5. The van der Waals surface area contributed by atoms with Gasteiger partial charge in [0.05, 0.1) is 11.2 Å². The topological polar surface area (TPSA) is 30.5 Å². The maximum absolute atomic E-state index is 6.18. The Bertz CT molecular complexity index is 291. The second kappa shape index (κ2) is 3.72. The zero-order valence-corrected chi connectivity index (χ0v) is 11.5. The van der Waals surface area contributed by atoms with Crippen LogP contribution in [0.15, 0.2) is 0 Å². The van der Waals surface area contributed by atoms with Gasteiger partial charge in [-0.25, -0.2) is 0 Å². The van der Waals surface area contributed by atoms with E-state index >= 15 is 0 Å². The van der Waals surface area contributed by atoms with Gasteiger partial charge in [0.2, 0.25) is 0 Å². The van der Waals surface area contributed by atoms with Crippen LogP contribution >= 0.6 is 0 Å². The molecule has 0 saturated carbocycles. The van der Waals surface area contributed by atoms with Crippen molar-refractivity contribution in [2.45, 2.75) is 82.5 Å². The first-order valence-electron chi connectivity index (χ1n) is 6.99. The predicted molar refractivity (Wildman–Crippen MR) is 69.0 cm³/mol.